The fraction of sp³-hybridized carbons (Fsp3) is 1.00. The molecule has 0 radical (unpaired) electrons. The maximum absolute atomic E-state index is 10.1. The van der Waals surface area contributed by atoms with Gasteiger partial charge in [0.1, 0.15) is 0 Å². The summed E-state index contributed by atoms with van der Waals surface area (Å²) in [5.74, 6) is 3.36. The summed E-state index contributed by atoms with van der Waals surface area (Å²) in [6.45, 7) is 5.94. The number of fused-ring (bicyclic) bond motifs is 5. The quantitative estimate of drug-likeness (QED) is 0.726. The highest BCUT2D eigenvalue weighted by Gasteiger charge is 2.57. The highest BCUT2D eigenvalue weighted by Crippen LogP contribution is 2.63. The van der Waals surface area contributed by atoms with Gasteiger partial charge in [0, 0.05) is 6.61 Å². The van der Waals surface area contributed by atoms with Crippen LogP contribution in [0.2, 0.25) is 0 Å². The van der Waals surface area contributed by atoms with Gasteiger partial charge in [0.15, 0.2) is 0 Å². The SMILES string of the molecule is C[C@@]12CC[C@@H](O)C[C@@H]1CC[C@H]1[C@H]3CCCO[C@]3(C)CC[C@@H]12. The summed E-state index contributed by atoms with van der Waals surface area (Å²) >= 11 is 0. The Labute approximate surface area is 129 Å². The summed E-state index contributed by atoms with van der Waals surface area (Å²) in [7, 11) is 0. The molecular weight excluding hydrogens is 260 g/mol. The van der Waals surface area contributed by atoms with Crippen LogP contribution in [0.25, 0.3) is 0 Å². The van der Waals surface area contributed by atoms with Gasteiger partial charge in [-0.1, -0.05) is 6.92 Å². The second-order valence-electron chi connectivity index (χ2n) is 8.93. The van der Waals surface area contributed by atoms with Crippen LogP contribution in [-0.2, 0) is 4.74 Å². The molecule has 0 aromatic rings. The van der Waals surface area contributed by atoms with E-state index in [0.717, 1.165) is 43.1 Å². The van der Waals surface area contributed by atoms with Gasteiger partial charge in [0.2, 0.25) is 0 Å². The lowest BCUT2D eigenvalue weighted by Crippen LogP contribution is -2.58. The van der Waals surface area contributed by atoms with Crippen LogP contribution >= 0.6 is 0 Å². The molecule has 4 rings (SSSR count). The molecule has 1 N–H and O–H groups in total. The monoisotopic (exact) mass is 292 g/mol. The van der Waals surface area contributed by atoms with E-state index in [0.29, 0.717) is 5.41 Å². The topological polar surface area (TPSA) is 29.5 Å². The number of aliphatic hydroxyl groups excluding tert-OH is 1. The summed E-state index contributed by atoms with van der Waals surface area (Å²) in [6, 6.07) is 0. The second-order valence-corrected chi connectivity index (χ2v) is 8.93. The molecular formula is C19H32O2. The molecule has 120 valence electrons. The predicted molar refractivity (Wildman–Crippen MR) is 84.0 cm³/mol. The third kappa shape index (κ3) is 2.12. The Morgan fingerprint density at radius 3 is 2.67 bits per heavy atom. The van der Waals surface area contributed by atoms with E-state index in [1.54, 1.807) is 0 Å². The van der Waals surface area contributed by atoms with Crippen molar-refractivity contribution in [3.05, 3.63) is 0 Å². The summed E-state index contributed by atoms with van der Waals surface area (Å²) in [4.78, 5) is 0. The molecule has 0 amide bonds. The van der Waals surface area contributed by atoms with Gasteiger partial charge >= 0.3 is 0 Å². The minimum atomic E-state index is -0.0218. The molecule has 0 aromatic carbocycles. The van der Waals surface area contributed by atoms with E-state index >= 15 is 0 Å². The molecule has 0 aromatic heterocycles. The van der Waals surface area contributed by atoms with Crippen molar-refractivity contribution in [2.24, 2.45) is 29.1 Å². The van der Waals surface area contributed by atoms with E-state index in [9.17, 15) is 5.11 Å². The van der Waals surface area contributed by atoms with Crippen molar-refractivity contribution in [3.8, 4) is 0 Å². The molecule has 1 aliphatic heterocycles. The Bertz CT molecular complexity index is 408. The minimum absolute atomic E-state index is 0.0218. The van der Waals surface area contributed by atoms with Gasteiger partial charge < -0.3 is 9.84 Å². The molecule has 7 atom stereocenters. The van der Waals surface area contributed by atoms with E-state index in [1.807, 2.05) is 0 Å². The maximum atomic E-state index is 10.1. The van der Waals surface area contributed by atoms with Gasteiger partial charge in [0.25, 0.3) is 0 Å². The first-order chi connectivity index (χ1) is 10.0. The standard InChI is InChI=1S/C19H32O2/c1-18-9-7-14(20)12-13(18)5-6-15-16(18)8-10-19(2)17(15)4-3-11-21-19/h13-17,20H,3-12H2,1-2H3/t13-,14+,15+,16-,17+,18+,19+/m0/s1. The summed E-state index contributed by atoms with van der Waals surface area (Å²) in [6.07, 6.45) is 11.4. The van der Waals surface area contributed by atoms with E-state index in [2.05, 4.69) is 13.8 Å². The highest BCUT2D eigenvalue weighted by molar-refractivity contribution is 5.07. The first kappa shape index (κ1) is 14.5. The van der Waals surface area contributed by atoms with Gasteiger partial charge in [-0.25, -0.2) is 0 Å². The zero-order valence-electron chi connectivity index (χ0n) is 13.8. The van der Waals surface area contributed by atoms with Gasteiger partial charge in [0.05, 0.1) is 11.7 Å². The summed E-state index contributed by atoms with van der Waals surface area (Å²) < 4.78 is 6.26. The van der Waals surface area contributed by atoms with E-state index in [-0.39, 0.29) is 11.7 Å². The van der Waals surface area contributed by atoms with Gasteiger partial charge in [-0.2, -0.15) is 0 Å². The second kappa shape index (κ2) is 4.96. The van der Waals surface area contributed by atoms with Crippen LogP contribution in [0, 0.1) is 29.1 Å². The average molecular weight is 292 g/mol. The number of rotatable bonds is 0. The molecule has 0 bridgehead atoms. The largest absolute Gasteiger partial charge is 0.393 e. The Balaban J connectivity index is 1.61. The van der Waals surface area contributed by atoms with Crippen molar-refractivity contribution < 1.29 is 9.84 Å². The smallest absolute Gasteiger partial charge is 0.0685 e. The van der Waals surface area contributed by atoms with Gasteiger partial charge in [-0.3, -0.25) is 0 Å². The lowest BCUT2D eigenvalue weighted by atomic mass is 9.46. The predicted octanol–water partition coefficient (Wildman–Crippen LogP) is 4.16. The molecule has 21 heavy (non-hydrogen) atoms. The molecule has 4 fully saturated rings. The molecule has 3 saturated carbocycles. The Morgan fingerprint density at radius 2 is 1.81 bits per heavy atom. The van der Waals surface area contributed by atoms with E-state index in [1.165, 1.54) is 44.9 Å². The molecule has 3 aliphatic carbocycles. The van der Waals surface area contributed by atoms with E-state index < -0.39 is 0 Å². The molecule has 4 aliphatic rings. The van der Waals surface area contributed by atoms with Crippen molar-refractivity contribution in [1.82, 2.24) is 0 Å². The van der Waals surface area contributed by atoms with Gasteiger partial charge in [-0.05, 0) is 93.8 Å². The zero-order valence-corrected chi connectivity index (χ0v) is 13.8. The first-order valence-corrected chi connectivity index (χ1v) is 9.35. The molecule has 0 unspecified atom stereocenters. The van der Waals surface area contributed by atoms with Gasteiger partial charge in [-0.15, -0.1) is 0 Å². The third-order valence-electron chi connectivity index (χ3n) is 8.06. The molecule has 2 heteroatoms. The molecule has 0 spiro atoms. The van der Waals surface area contributed by atoms with Crippen LogP contribution in [0.3, 0.4) is 0 Å². The van der Waals surface area contributed by atoms with Crippen molar-refractivity contribution in [3.63, 3.8) is 0 Å². The van der Waals surface area contributed by atoms with Crippen LogP contribution in [-0.4, -0.2) is 23.4 Å². The van der Waals surface area contributed by atoms with Crippen LogP contribution in [0.1, 0.15) is 71.6 Å². The van der Waals surface area contributed by atoms with Crippen LogP contribution in [0.4, 0.5) is 0 Å². The number of aliphatic hydroxyl groups is 1. The van der Waals surface area contributed by atoms with Crippen molar-refractivity contribution in [2.45, 2.75) is 83.3 Å². The van der Waals surface area contributed by atoms with Crippen LogP contribution in [0.5, 0.6) is 0 Å². The Morgan fingerprint density at radius 1 is 0.952 bits per heavy atom. The fourth-order valence-electron chi connectivity index (χ4n) is 6.83. The number of ether oxygens (including phenoxy) is 1. The lowest BCUT2D eigenvalue weighted by Gasteiger charge is -2.62. The van der Waals surface area contributed by atoms with E-state index in [4.69, 9.17) is 4.74 Å². The molecule has 1 saturated heterocycles. The molecule has 1 heterocycles. The normalized spacial score (nSPS) is 57.0. The lowest BCUT2D eigenvalue weighted by molar-refractivity contribution is -0.195. The van der Waals surface area contributed by atoms with Crippen molar-refractivity contribution >= 4 is 0 Å². The minimum Gasteiger partial charge on any atom is -0.393 e. The van der Waals surface area contributed by atoms with Crippen LogP contribution < -0.4 is 0 Å². The average Bonchev–Trinajstić information content (AvgIpc) is 2.47. The number of hydrogen-bond acceptors (Lipinski definition) is 2. The highest BCUT2D eigenvalue weighted by atomic mass is 16.5. The zero-order chi connectivity index (χ0) is 14.7. The summed E-state index contributed by atoms with van der Waals surface area (Å²) in [5, 5.41) is 10.1. The maximum Gasteiger partial charge on any atom is 0.0685 e. The van der Waals surface area contributed by atoms with Crippen molar-refractivity contribution in [1.29, 1.82) is 0 Å². The third-order valence-corrected chi connectivity index (χ3v) is 8.06. The molecule has 2 nitrogen and oxygen atoms in total. The van der Waals surface area contributed by atoms with Crippen LogP contribution in [0.15, 0.2) is 0 Å². The summed E-state index contributed by atoms with van der Waals surface area (Å²) in [5.41, 5.74) is 0.678. The van der Waals surface area contributed by atoms with Crippen molar-refractivity contribution in [2.75, 3.05) is 6.61 Å². The number of hydrogen-bond donors (Lipinski definition) is 1. The fourth-order valence-corrected chi connectivity index (χ4v) is 6.83. The Hall–Kier alpha value is -0.0800. The first-order valence-electron chi connectivity index (χ1n) is 9.35. The Kier molecular flexibility index (Phi) is 3.43.